The highest BCUT2D eigenvalue weighted by atomic mass is 15.3. The Morgan fingerprint density at radius 1 is 0.903 bits per heavy atom. The SMILES string of the molecule is Cc1cc2c(NCc3ccccc3CN3CCN(c4ccccc4)CC3)nccn2n1. The van der Waals surface area contributed by atoms with Gasteiger partial charge in [-0.15, -0.1) is 0 Å². The van der Waals surface area contributed by atoms with Crippen LogP contribution >= 0.6 is 0 Å². The molecular formula is C25H28N6. The minimum Gasteiger partial charge on any atom is -0.369 e. The van der Waals surface area contributed by atoms with Gasteiger partial charge in [-0.2, -0.15) is 5.10 Å². The molecule has 0 atom stereocenters. The lowest BCUT2D eigenvalue weighted by molar-refractivity contribution is 0.249. The standard InChI is InChI=1S/C25H28N6/c1-20-17-24-25(26-11-12-31(24)28-20)27-18-21-7-5-6-8-22(21)19-29-13-15-30(16-14-29)23-9-3-2-4-10-23/h2-12,17H,13-16,18-19H2,1H3,(H,26,27). The monoisotopic (exact) mass is 412 g/mol. The van der Waals surface area contributed by atoms with E-state index in [2.05, 4.69) is 85.9 Å². The van der Waals surface area contributed by atoms with E-state index in [9.17, 15) is 0 Å². The molecule has 6 nitrogen and oxygen atoms in total. The van der Waals surface area contributed by atoms with E-state index in [1.165, 1.54) is 16.8 Å². The van der Waals surface area contributed by atoms with E-state index in [4.69, 9.17) is 0 Å². The van der Waals surface area contributed by atoms with E-state index in [1.807, 2.05) is 17.6 Å². The zero-order chi connectivity index (χ0) is 21.0. The third-order valence-corrected chi connectivity index (χ3v) is 5.96. The quantitative estimate of drug-likeness (QED) is 0.519. The summed E-state index contributed by atoms with van der Waals surface area (Å²) in [5.41, 5.74) is 6.01. The van der Waals surface area contributed by atoms with E-state index in [1.54, 1.807) is 6.20 Å². The number of nitrogens with zero attached hydrogens (tertiary/aromatic N) is 5. The maximum absolute atomic E-state index is 4.53. The molecule has 0 amide bonds. The molecule has 31 heavy (non-hydrogen) atoms. The van der Waals surface area contributed by atoms with Crippen LogP contribution in [-0.4, -0.2) is 45.7 Å². The van der Waals surface area contributed by atoms with Crippen LogP contribution in [0.5, 0.6) is 0 Å². The molecule has 4 aromatic rings. The molecule has 0 bridgehead atoms. The van der Waals surface area contributed by atoms with E-state index in [0.717, 1.165) is 56.3 Å². The lowest BCUT2D eigenvalue weighted by Gasteiger charge is -2.36. The van der Waals surface area contributed by atoms with Crippen molar-refractivity contribution in [3.05, 3.63) is 89.9 Å². The van der Waals surface area contributed by atoms with Gasteiger partial charge in [-0.1, -0.05) is 42.5 Å². The second-order valence-electron chi connectivity index (χ2n) is 8.11. The predicted molar refractivity (Wildman–Crippen MR) is 125 cm³/mol. The van der Waals surface area contributed by atoms with Crippen LogP contribution in [0, 0.1) is 6.92 Å². The largest absolute Gasteiger partial charge is 0.369 e. The van der Waals surface area contributed by atoms with Crippen LogP contribution in [0.3, 0.4) is 0 Å². The third-order valence-electron chi connectivity index (χ3n) is 5.96. The first kappa shape index (κ1) is 19.6. The predicted octanol–water partition coefficient (Wildman–Crippen LogP) is 3.97. The number of aryl methyl sites for hydroxylation is 1. The Labute approximate surface area is 183 Å². The summed E-state index contributed by atoms with van der Waals surface area (Å²) >= 11 is 0. The van der Waals surface area contributed by atoms with Gasteiger partial charge in [-0.3, -0.25) is 4.90 Å². The Bertz CT molecular complexity index is 1150. The summed E-state index contributed by atoms with van der Waals surface area (Å²) in [6, 6.07) is 21.5. The van der Waals surface area contributed by atoms with Crippen molar-refractivity contribution in [2.75, 3.05) is 36.4 Å². The van der Waals surface area contributed by atoms with E-state index in [-0.39, 0.29) is 0 Å². The van der Waals surface area contributed by atoms with Gasteiger partial charge in [0.2, 0.25) is 0 Å². The minimum atomic E-state index is 0.747. The van der Waals surface area contributed by atoms with Crippen molar-refractivity contribution < 1.29 is 0 Å². The van der Waals surface area contributed by atoms with Crippen molar-refractivity contribution in [1.82, 2.24) is 19.5 Å². The molecule has 0 unspecified atom stereocenters. The van der Waals surface area contributed by atoms with Gasteiger partial charge in [0.25, 0.3) is 0 Å². The van der Waals surface area contributed by atoms with Crippen molar-refractivity contribution in [3.63, 3.8) is 0 Å². The summed E-state index contributed by atoms with van der Waals surface area (Å²) in [4.78, 5) is 9.56. The highest BCUT2D eigenvalue weighted by Crippen LogP contribution is 2.20. The maximum Gasteiger partial charge on any atom is 0.152 e. The van der Waals surface area contributed by atoms with Crippen LogP contribution < -0.4 is 10.2 Å². The summed E-state index contributed by atoms with van der Waals surface area (Å²) in [6.45, 7) is 8.01. The number of rotatable bonds is 6. The van der Waals surface area contributed by atoms with E-state index >= 15 is 0 Å². The molecule has 0 aliphatic carbocycles. The number of benzene rings is 2. The molecule has 2 aromatic heterocycles. The number of fused-ring (bicyclic) bond motifs is 1. The summed E-state index contributed by atoms with van der Waals surface area (Å²) in [5, 5.41) is 8.00. The van der Waals surface area contributed by atoms with Crippen LogP contribution in [0.15, 0.2) is 73.1 Å². The Morgan fingerprint density at radius 3 is 2.45 bits per heavy atom. The molecule has 3 heterocycles. The minimum absolute atomic E-state index is 0.747. The van der Waals surface area contributed by atoms with Crippen LogP contribution in [-0.2, 0) is 13.1 Å². The lowest BCUT2D eigenvalue weighted by atomic mass is 10.1. The molecular weight excluding hydrogens is 384 g/mol. The van der Waals surface area contributed by atoms with Gasteiger partial charge in [0.1, 0.15) is 5.52 Å². The molecule has 0 saturated carbocycles. The number of hydrogen-bond acceptors (Lipinski definition) is 5. The highest BCUT2D eigenvalue weighted by Gasteiger charge is 2.18. The number of para-hydroxylation sites is 1. The number of anilines is 2. The van der Waals surface area contributed by atoms with Crippen LogP contribution in [0.25, 0.3) is 5.52 Å². The molecule has 1 fully saturated rings. The van der Waals surface area contributed by atoms with Crippen molar-refractivity contribution in [3.8, 4) is 0 Å². The molecule has 0 spiro atoms. The number of piperazine rings is 1. The smallest absolute Gasteiger partial charge is 0.152 e. The van der Waals surface area contributed by atoms with Crippen LogP contribution in [0.1, 0.15) is 16.8 Å². The molecule has 1 N–H and O–H groups in total. The van der Waals surface area contributed by atoms with Crippen molar-refractivity contribution in [2.24, 2.45) is 0 Å². The van der Waals surface area contributed by atoms with Gasteiger partial charge in [0.05, 0.1) is 5.69 Å². The second kappa shape index (κ2) is 8.78. The molecule has 6 heteroatoms. The zero-order valence-electron chi connectivity index (χ0n) is 17.9. The average Bonchev–Trinajstić information content (AvgIpc) is 3.20. The second-order valence-corrected chi connectivity index (χ2v) is 8.11. The van der Waals surface area contributed by atoms with Crippen molar-refractivity contribution in [2.45, 2.75) is 20.0 Å². The molecule has 2 aromatic carbocycles. The van der Waals surface area contributed by atoms with Crippen LogP contribution in [0.2, 0.25) is 0 Å². The number of aromatic nitrogens is 3. The molecule has 1 aliphatic heterocycles. The fourth-order valence-electron chi connectivity index (χ4n) is 4.29. The van der Waals surface area contributed by atoms with Crippen molar-refractivity contribution in [1.29, 1.82) is 0 Å². The first-order valence-electron chi connectivity index (χ1n) is 10.9. The summed E-state index contributed by atoms with van der Waals surface area (Å²) in [6.07, 6.45) is 3.68. The maximum atomic E-state index is 4.53. The van der Waals surface area contributed by atoms with Gasteiger partial charge in [0.15, 0.2) is 5.82 Å². The third kappa shape index (κ3) is 4.39. The fourth-order valence-corrected chi connectivity index (χ4v) is 4.29. The number of hydrogen-bond donors (Lipinski definition) is 1. The van der Waals surface area contributed by atoms with E-state index in [0.29, 0.717) is 0 Å². The molecule has 1 saturated heterocycles. The summed E-state index contributed by atoms with van der Waals surface area (Å²) < 4.78 is 1.88. The molecule has 0 radical (unpaired) electrons. The molecule has 1 aliphatic rings. The van der Waals surface area contributed by atoms with Gasteiger partial charge < -0.3 is 10.2 Å². The first-order chi connectivity index (χ1) is 15.3. The Kier molecular flexibility index (Phi) is 5.54. The van der Waals surface area contributed by atoms with Crippen molar-refractivity contribution >= 4 is 17.0 Å². The summed E-state index contributed by atoms with van der Waals surface area (Å²) in [7, 11) is 0. The number of nitrogens with one attached hydrogen (secondary N) is 1. The topological polar surface area (TPSA) is 48.7 Å². The van der Waals surface area contributed by atoms with Gasteiger partial charge in [0, 0.05) is 57.3 Å². The summed E-state index contributed by atoms with van der Waals surface area (Å²) in [5.74, 6) is 0.870. The van der Waals surface area contributed by atoms with Gasteiger partial charge in [-0.05, 0) is 36.2 Å². The Balaban J connectivity index is 1.24. The van der Waals surface area contributed by atoms with Gasteiger partial charge in [-0.25, -0.2) is 9.50 Å². The fraction of sp³-hybridized carbons (Fsp3) is 0.280. The average molecular weight is 413 g/mol. The zero-order valence-corrected chi connectivity index (χ0v) is 17.9. The Morgan fingerprint density at radius 2 is 1.65 bits per heavy atom. The Hall–Kier alpha value is -3.38. The van der Waals surface area contributed by atoms with Gasteiger partial charge >= 0.3 is 0 Å². The highest BCUT2D eigenvalue weighted by molar-refractivity contribution is 5.67. The normalized spacial score (nSPS) is 14.8. The van der Waals surface area contributed by atoms with E-state index < -0.39 is 0 Å². The lowest BCUT2D eigenvalue weighted by Crippen LogP contribution is -2.46. The molecule has 5 rings (SSSR count). The first-order valence-corrected chi connectivity index (χ1v) is 10.9. The van der Waals surface area contributed by atoms with Crippen LogP contribution in [0.4, 0.5) is 11.5 Å². The molecule has 158 valence electrons.